The van der Waals surface area contributed by atoms with Crippen LogP contribution in [0.3, 0.4) is 0 Å². The molecular weight excluding hydrogens is 773 g/mol. The predicted molar refractivity (Wildman–Crippen MR) is 255 cm³/mol. The van der Waals surface area contributed by atoms with Crippen LogP contribution in [-0.2, 0) is 5.41 Å². The Morgan fingerprint density at radius 3 is 1.72 bits per heavy atom. The second-order valence-corrected chi connectivity index (χ2v) is 20.7. The van der Waals surface area contributed by atoms with E-state index < -0.39 is 13.5 Å². The van der Waals surface area contributed by atoms with Gasteiger partial charge in [0.05, 0.1) is 16.6 Å². The fourth-order valence-corrected chi connectivity index (χ4v) is 17.7. The van der Waals surface area contributed by atoms with Crippen molar-refractivity contribution in [2.75, 3.05) is 0 Å². The summed E-state index contributed by atoms with van der Waals surface area (Å²) in [5.74, 6) is 0. The molecule has 1 aliphatic heterocycles. The van der Waals surface area contributed by atoms with Crippen LogP contribution < -0.4 is 20.7 Å². The molecule has 0 fully saturated rings. The maximum Gasteiger partial charge on any atom is 0.181 e. The van der Waals surface area contributed by atoms with E-state index >= 15 is 0 Å². The number of nitrogens with zero attached hydrogens (tertiary/aromatic N) is 2. The Hall–Kier alpha value is -7.11. The Kier molecular flexibility index (Phi) is 8.37. The van der Waals surface area contributed by atoms with Gasteiger partial charge in [-0.25, -0.2) is 0 Å². The van der Waals surface area contributed by atoms with Gasteiger partial charge in [0, 0.05) is 44.3 Å². The maximum atomic E-state index is 5.06. The summed E-state index contributed by atoms with van der Waals surface area (Å²) in [6, 6.07) is 81.2. The summed E-state index contributed by atoms with van der Waals surface area (Å²) in [7, 11) is -2.81. The predicted octanol–water partition coefficient (Wildman–Crippen LogP) is 11.2. The zero-order valence-electron chi connectivity index (χ0n) is 33.2. The largest absolute Gasteiger partial charge is 0.256 e. The van der Waals surface area contributed by atoms with Gasteiger partial charge in [0.1, 0.15) is 0 Å². The molecule has 4 heteroatoms. The van der Waals surface area contributed by atoms with E-state index in [9.17, 15) is 0 Å². The van der Waals surface area contributed by atoms with Gasteiger partial charge in [-0.05, 0) is 84.5 Å². The van der Waals surface area contributed by atoms with Crippen LogP contribution in [0, 0.1) is 0 Å². The summed E-state index contributed by atoms with van der Waals surface area (Å²) in [5.41, 5.74) is 12.4. The van der Waals surface area contributed by atoms with E-state index in [4.69, 9.17) is 9.97 Å². The van der Waals surface area contributed by atoms with Gasteiger partial charge in [-0.1, -0.05) is 200 Å². The molecule has 2 nitrogen and oxygen atoms in total. The summed E-state index contributed by atoms with van der Waals surface area (Å²) in [4.78, 5) is 12.5. The molecular formula is C57H38N2SSi. The van der Waals surface area contributed by atoms with E-state index in [0.29, 0.717) is 0 Å². The molecule has 0 saturated carbocycles. The molecule has 12 rings (SSSR count). The van der Waals surface area contributed by atoms with Crippen LogP contribution in [0.1, 0.15) is 22.3 Å². The highest BCUT2D eigenvalue weighted by molar-refractivity contribution is 8.00. The molecule has 0 bridgehead atoms. The second kappa shape index (κ2) is 14.3. The first-order chi connectivity index (χ1) is 30.3. The molecule has 3 heterocycles. The summed E-state index contributed by atoms with van der Waals surface area (Å²) < 4.78 is 0. The minimum absolute atomic E-state index is 0.587. The van der Waals surface area contributed by atoms with E-state index in [2.05, 4.69) is 200 Å². The Bertz CT molecular complexity index is 3190. The van der Waals surface area contributed by atoms with Crippen molar-refractivity contribution in [3.8, 4) is 33.5 Å². The van der Waals surface area contributed by atoms with Crippen LogP contribution in [0.2, 0.25) is 0 Å². The van der Waals surface area contributed by atoms with Gasteiger partial charge in [0.25, 0.3) is 0 Å². The van der Waals surface area contributed by atoms with Gasteiger partial charge in [0.2, 0.25) is 0 Å². The lowest BCUT2D eigenvalue weighted by atomic mass is 9.67. The first-order valence-electron chi connectivity index (χ1n) is 20.9. The zero-order chi connectivity index (χ0) is 40.4. The van der Waals surface area contributed by atoms with Gasteiger partial charge in [-0.15, -0.1) is 0 Å². The fourth-order valence-electron chi connectivity index (χ4n) is 10.6. The molecule has 0 radical (unpaired) electrons. The number of aromatic nitrogens is 2. The number of hydrogen-bond acceptors (Lipinski definition) is 3. The maximum absolute atomic E-state index is 5.06. The number of fused-ring (bicyclic) bond motifs is 7. The molecule has 2 aliphatic rings. The minimum Gasteiger partial charge on any atom is -0.256 e. The molecule has 0 atom stereocenters. The lowest BCUT2D eigenvalue weighted by Gasteiger charge is -2.41. The Morgan fingerprint density at radius 2 is 1.03 bits per heavy atom. The summed E-state index contributed by atoms with van der Waals surface area (Å²) in [5, 5.41) is 6.78. The fraction of sp³-hybridized carbons (Fsp3) is 0.0175. The molecule has 61 heavy (non-hydrogen) atoms. The van der Waals surface area contributed by atoms with E-state index in [1.165, 1.54) is 63.9 Å². The normalized spacial score (nSPS) is 14.1. The lowest BCUT2D eigenvalue weighted by molar-refractivity contribution is 0.768. The summed E-state index contributed by atoms with van der Waals surface area (Å²) in [6.07, 6.45) is 3.77. The van der Waals surface area contributed by atoms with Crippen molar-refractivity contribution in [3.63, 3.8) is 0 Å². The highest BCUT2D eigenvalue weighted by atomic mass is 32.2. The molecule has 0 spiro atoms. The van der Waals surface area contributed by atoms with Gasteiger partial charge in [-0.3, -0.25) is 9.97 Å². The Labute approximate surface area is 361 Å². The number of pyridine rings is 2. The van der Waals surface area contributed by atoms with Crippen molar-refractivity contribution in [1.82, 2.24) is 9.97 Å². The van der Waals surface area contributed by atoms with Gasteiger partial charge in [-0.2, -0.15) is 0 Å². The van der Waals surface area contributed by atoms with Crippen molar-refractivity contribution in [1.29, 1.82) is 0 Å². The molecule has 0 unspecified atom stereocenters. The molecule has 8 aromatic carbocycles. The molecule has 10 aromatic rings. The highest BCUT2D eigenvalue weighted by Crippen LogP contribution is 2.59. The van der Waals surface area contributed by atoms with E-state index in [-0.39, 0.29) is 0 Å². The molecule has 0 saturated heterocycles. The van der Waals surface area contributed by atoms with Crippen molar-refractivity contribution in [3.05, 3.63) is 253 Å². The van der Waals surface area contributed by atoms with Crippen molar-refractivity contribution in [2.24, 2.45) is 0 Å². The quantitative estimate of drug-likeness (QED) is 0.157. The number of hydrogen-bond donors (Lipinski definition) is 0. The number of benzene rings is 8. The van der Waals surface area contributed by atoms with Crippen molar-refractivity contribution in [2.45, 2.75) is 15.2 Å². The molecule has 2 aromatic heterocycles. The summed E-state index contributed by atoms with van der Waals surface area (Å²) in [6.45, 7) is 0. The zero-order valence-corrected chi connectivity index (χ0v) is 35.1. The number of rotatable bonds is 6. The molecule has 1 aliphatic carbocycles. The molecule has 286 valence electrons. The molecule has 0 N–H and O–H groups in total. The highest BCUT2D eigenvalue weighted by Gasteiger charge is 2.52. The first kappa shape index (κ1) is 35.8. The van der Waals surface area contributed by atoms with Crippen LogP contribution in [0.15, 0.2) is 241 Å². The third kappa shape index (κ3) is 5.23. The Balaban J connectivity index is 1.19. The topological polar surface area (TPSA) is 25.8 Å². The average molecular weight is 811 g/mol. The monoisotopic (exact) mass is 810 g/mol. The van der Waals surface area contributed by atoms with Crippen molar-refractivity contribution < 1.29 is 0 Å². The van der Waals surface area contributed by atoms with E-state index in [1.807, 2.05) is 42.4 Å². The second-order valence-electron chi connectivity index (χ2n) is 16.0. The standard InChI is InChI=1S/C57H38N2SSi/c1-5-18-40(19-6-1)57(41-20-7-2-8-21-41)48-34-35-53-56(60-51-28-13-14-29-52(51)61(53,42-22-9-3-10-23-42)43-24-11-4-12-25-43)54(48)47-31-30-39(38-49(47)57)44-32-33-45(50-27-15-16-36-58-50)46-26-17-37-59-55(44)46/h1-38H. The average Bonchev–Trinajstić information content (AvgIpc) is 3.65. The Morgan fingerprint density at radius 1 is 0.426 bits per heavy atom. The van der Waals surface area contributed by atoms with Crippen molar-refractivity contribution >= 4 is 51.5 Å². The minimum atomic E-state index is -2.81. The van der Waals surface area contributed by atoms with E-state index in [1.54, 1.807) is 0 Å². The summed E-state index contributed by atoms with van der Waals surface area (Å²) >= 11 is 1.95. The van der Waals surface area contributed by atoms with E-state index in [0.717, 1.165) is 33.3 Å². The SMILES string of the molecule is c1ccc(C2(c3ccccc3)c3cc(-c4ccc(-c5ccccn5)c5cccnc45)ccc3-c3c2ccc2c3Sc3ccccc3[Si]2(c2ccccc2)c2ccccc2)cc1. The third-order valence-electron chi connectivity index (χ3n) is 13.0. The van der Waals surface area contributed by atoms with Crippen LogP contribution in [-0.4, -0.2) is 18.0 Å². The van der Waals surface area contributed by atoms with Crippen LogP contribution in [0.4, 0.5) is 0 Å². The third-order valence-corrected chi connectivity index (χ3v) is 19.4. The van der Waals surface area contributed by atoms with Crippen LogP contribution >= 0.6 is 11.8 Å². The van der Waals surface area contributed by atoms with Crippen LogP contribution in [0.5, 0.6) is 0 Å². The van der Waals surface area contributed by atoms with Crippen LogP contribution in [0.25, 0.3) is 44.4 Å². The van der Waals surface area contributed by atoms with Gasteiger partial charge in [0.15, 0.2) is 8.07 Å². The van der Waals surface area contributed by atoms with Gasteiger partial charge < -0.3 is 0 Å². The lowest BCUT2D eigenvalue weighted by Crippen LogP contribution is -2.76. The first-order valence-corrected chi connectivity index (χ1v) is 23.7. The molecule has 0 amide bonds. The smallest absolute Gasteiger partial charge is 0.181 e. The van der Waals surface area contributed by atoms with Gasteiger partial charge >= 0.3 is 0 Å².